The van der Waals surface area contributed by atoms with E-state index in [2.05, 4.69) is 10.6 Å². The summed E-state index contributed by atoms with van der Waals surface area (Å²) in [5.74, 6) is -0.422. The third-order valence-corrected chi connectivity index (χ3v) is 7.21. The van der Waals surface area contributed by atoms with Gasteiger partial charge in [0.2, 0.25) is 6.79 Å². The molecule has 4 amide bonds. The van der Waals surface area contributed by atoms with Gasteiger partial charge in [-0.15, -0.1) is 0 Å². The quantitative estimate of drug-likeness (QED) is 0.368. The minimum absolute atomic E-state index is 0.262. The monoisotopic (exact) mass is 564 g/mol. The Morgan fingerprint density at radius 1 is 0.707 bits per heavy atom. The van der Waals surface area contributed by atoms with Gasteiger partial charge < -0.3 is 39.4 Å². The van der Waals surface area contributed by atoms with E-state index >= 15 is 0 Å². The maximum Gasteiger partial charge on any atom is 0.337 e. The number of allylic oxidation sites excluding steroid dienone is 2. The fraction of sp³-hybridized carbons (Fsp3) is 0.310. The SMILES string of the molecule is COC(=O)C1=C(C)N(C)C(=O)NC1c1ccccc1OCOc1ccccc1C1NC(=O)N(C)C(C)=C1C(=O)OC. The van der Waals surface area contributed by atoms with E-state index in [1.165, 1.54) is 24.0 Å². The molecule has 2 aliphatic rings. The van der Waals surface area contributed by atoms with Crippen LogP contribution in [0, 0.1) is 0 Å². The molecule has 0 spiro atoms. The van der Waals surface area contributed by atoms with Crippen molar-refractivity contribution in [2.75, 3.05) is 35.1 Å². The Kier molecular flexibility index (Phi) is 8.51. The molecule has 12 nitrogen and oxygen atoms in total. The van der Waals surface area contributed by atoms with Gasteiger partial charge in [-0.2, -0.15) is 0 Å². The van der Waals surface area contributed by atoms with Gasteiger partial charge in [-0.05, 0) is 26.0 Å². The number of carbonyl (C=O) groups is 4. The lowest BCUT2D eigenvalue weighted by molar-refractivity contribution is -0.137. The Labute approximate surface area is 237 Å². The smallest absolute Gasteiger partial charge is 0.337 e. The molecule has 0 bridgehead atoms. The molecule has 0 fully saturated rings. The topological polar surface area (TPSA) is 136 Å². The summed E-state index contributed by atoms with van der Waals surface area (Å²) >= 11 is 0. The Morgan fingerprint density at radius 3 is 1.44 bits per heavy atom. The van der Waals surface area contributed by atoms with Crippen LogP contribution in [0.15, 0.2) is 71.1 Å². The van der Waals surface area contributed by atoms with Crippen molar-refractivity contribution in [3.8, 4) is 11.5 Å². The number of esters is 2. The first-order valence-corrected chi connectivity index (χ1v) is 12.7. The van der Waals surface area contributed by atoms with Crippen molar-refractivity contribution in [2.24, 2.45) is 0 Å². The van der Waals surface area contributed by atoms with Gasteiger partial charge in [0, 0.05) is 36.6 Å². The molecule has 4 rings (SSSR count). The highest BCUT2D eigenvalue weighted by molar-refractivity contribution is 5.96. The van der Waals surface area contributed by atoms with Crippen LogP contribution in [0.5, 0.6) is 11.5 Å². The first-order valence-electron chi connectivity index (χ1n) is 12.7. The van der Waals surface area contributed by atoms with Crippen LogP contribution in [0.25, 0.3) is 0 Å². The average Bonchev–Trinajstić information content (AvgIpc) is 2.98. The van der Waals surface area contributed by atoms with Crippen molar-refractivity contribution in [1.29, 1.82) is 0 Å². The van der Waals surface area contributed by atoms with Crippen molar-refractivity contribution in [3.63, 3.8) is 0 Å². The van der Waals surface area contributed by atoms with E-state index in [1.807, 2.05) is 0 Å². The van der Waals surface area contributed by atoms with E-state index in [0.29, 0.717) is 34.0 Å². The van der Waals surface area contributed by atoms with Crippen LogP contribution in [0.3, 0.4) is 0 Å². The normalized spacial score (nSPS) is 19.0. The van der Waals surface area contributed by atoms with Gasteiger partial charge in [0.05, 0.1) is 37.4 Å². The molecule has 0 aliphatic carbocycles. The zero-order chi connectivity index (χ0) is 29.8. The van der Waals surface area contributed by atoms with Gasteiger partial charge in [0.25, 0.3) is 0 Å². The van der Waals surface area contributed by atoms with Gasteiger partial charge in [0.1, 0.15) is 11.5 Å². The molecular formula is C29H32N4O8. The van der Waals surface area contributed by atoms with Crippen LogP contribution in [0.2, 0.25) is 0 Å². The number of hydrogen-bond acceptors (Lipinski definition) is 8. The molecule has 2 aromatic rings. The molecule has 2 unspecified atom stereocenters. The number of nitrogens with zero attached hydrogens (tertiary/aromatic N) is 2. The maximum atomic E-state index is 12.7. The summed E-state index contributed by atoms with van der Waals surface area (Å²) in [6.45, 7) is 3.08. The summed E-state index contributed by atoms with van der Waals surface area (Å²) in [5.41, 5.74) is 2.50. The highest BCUT2D eigenvalue weighted by Gasteiger charge is 2.37. The van der Waals surface area contributed by atoms with Crippen molar-refractivity contribution in [2.45, 2.75) is 25.9 Å². The molecule has 2 aliphatic heterocycles. The number of para-hydroxylation sites is 2. The molecule has 12 heteroatoms. The van der Waals surface area contributed by atoms with E-state index in [-0.39, 0.29) is 30.0 Å². The lowest BCUT2D eigenvalue weighted by Crippen LogP contribution is -2.46. The molecule has 2 N–H and O–H groups in total. The number of methoxy groups -OCH3 is 2. The molecule has 2 aromatic carbocycles. The van der Waals surface area contributed by atoms with Crippen molar-refractivity contribution in [1.82, 2.24) is 20.4 Å². The first kappa shape index (κ1) is 29.0. The molecule has 0 radical (unpaired) electrons. The van der Waals surface area contributed by atoms with E-state index in [1.54, 1.807) is 76.5 Å². The number of amides is 4. The average molecular weight is 565 g/mol. The maximum absolute atomic E-state index is 12.7. The number of nitrogens with one attached hydrogen (secondary N) is 2. The Hall–Kier alpha value is -5.00. The lowest BCUT2D eigenvalue weighted by Gasteiger charge is -2.34. The van der Waals surface area contributed by atoms with Crippen molar-refractivity contribution < 1.29 is 38.1 Å². The minimum Gasteiger partial charge on any atom is -0.466 e. The molecule has 0 aromatic heterocycles. The first-order chi connectivity index (χ1) is 19.6. The van der Waals surface area contributed by atoms with Gasteiger partial charge in [-0.25, -0.2) is 19.2 Å². The van der Waals surface area contributed by atoms with E-state index in [9.17, 15) is 19.2 Å². The van der Waals surface area contributed by atoms with Crippen LogP contribution in [-0.2, 0) is 19.1 Å². The van der Waals surface area contributed by atoms with Gasteiger partial charge in [-0.1, -0.05) is 36.4 Å². The van der Waals surface area contributed by atoms with Crippen molar-refractivity contribution >= 4 is 24.0 Å². The Bertz CT molecular complexity index is 1340. The van der Waals surface area contributed by atoms with Gasteiger partial charge >= 0.3 is 24.0 Å². The minimum atomic E-state index is -0.820. The third kappa shape index (κ3) is 5.53. The fourth-order valence-corrected chi connectivity index (χ4v) is 4.74. The zero-order valence-corrected chi connectivity index (χ0v) is 23.6. The highest BCUT2D eigenvalue weighted by Crippen LogP contribution is 2.37. The number of ether oxygens (including phenoxy) is 4. The molecule has 2 heterocycles. The summed E-state index contributed by atoms with van der Waals surface area (Å²) in [6, 6.07) is 11.5. The van der Waals surface area contributed by atoms with Crippen LogP contribution in [0.1, 0.15) is 37.1 Å². The number of urea groups is 2. The summed E-state index contributed by atoms with van der Waals surface area (Å²) in [6.07, 6.45) is 0. The van der Waals surface area contributed by atoms with E-state index < -0.39 is 24.0 Å². The molecule has 2 atom stereocenters. The summed E-state index contributed by atoms with van der Waals surface area (Å²) in [4.78, 5) is 53.2. The van der Waals surface area contributed by atoms with Crippen LogP contribution < -0.4 is 20.1 Å². The van der Waals surface area contributed by atoms with Crippen molar-refractivity contribution in [3.05, 3.63) is 82.2 Å². The Balaban J connectivity index is 1.61. The van der Waals surface area contributed by atoms with Crippen LogP contribution >= 0.6 is 0 Å². The summed E-state index contributed by atoms with van der Waals surface area (Å²) in [7, 11) is 5.68. The van der Waals surface area contributed by atoms with Gasteiger partial charge in [0.15, 0.2) is 0 Å². The highest BCUT2D eigenvalue weighted by atomic mass is 16.7. The number of rotatable bonds is 8. The molecule has 41 heavy (non-hydrogen) atoms. The second kappa shape index (κ2) is 12.0. The van der Waals surface area contributed by atoms with E-state index in [0.717, 1.165) is 0 Å². The fourth-order valence-electron chi connectivity index (χ4n) is 4.74. The lowest BCUT2D eigenvalue weighted by atomic mass is 9.94. The second-order valence-corrected chi connectivity index (χ2v) is 9.35. The molecule has 0 saturated carbocycles. The largest absolute Gasteiger partial charge is 0.466 e. The zero-order valence-electron chi connectivity index (χ0n) is 23.6. The molecule has 0 saturated heterocycles. The standard InChI is InChI=1S/C29H32N4O8/c1-16-22(26(34)38-5)24(30-28(36)32(16)3)18-11-7-9-13-20(18)40-15-41-21-14-10-8-12-19(21)25-23(27(35)39-6)17(2)33(4)29(37)31-25/h7-14,24-25H,15H2,1-6H3,(H,30,36)(H,31,37). The number of hydrogen-bond donors (Lipinski definition) is 2. The van der Waals surface area contributed by atoms with E-state index in [4.69, 9.17) is 18.9 Å². The molecule has 216 valence electrons. The predicted octanol–water partition coefficient (Wildman–Crippen LogP) is 3.39. The van der Waals surface area contributed by atoms with Crippen LogP contribution in [-0.4, -0.2) is 68.9 Å². The second-order valence-electron chi connectivity index (χ2n) is 9.35. The Morgan fingerprint density at radius 2 is 1.07 bits per heavy atom. The van der Waals surface area contributed by atoms with Gasteiger partial charge in [-0.3, -0.25) is 0 Å². The number of benzene rings is 2. The third-order valence-electron chi connectivity index (χ3n) is 7.21. The van der Waals surface area contributed by atoms with Crippen LogP contribution in [0.4, 0.5) is 9.59 Å². The summed E-state index contributed by atoms with van der Waals surface area (Å²) in [5, 5.41) is 5.65. The predicted molar refractivity (Wildman–Crippen MR) is 147 cm³/mol. The number of carbonyl (C=O) groups excluding carboxylic acids is 4. The molecular weight excluding hydrogens is 532 g/mol. The summed E-state index contributed by atoms with van der Waals surface area (Å²) < 4.78 is 22.0.